The van der Waals surface area contributed by atoms with Crippen molar-refractivity contribution in [3.05, 3.63) is 33.5 Å². The quantitative estimate of drug-likeness (QED) is 0.811. The van der Waals surface area contributed by atoms with Crippen molar-refractivity contribution in [2.45, 2.75) is 6.42 Å². The number of halogens is 1. The maximum absolute atomic E-state index is 11.8. The van der Waals surface area contributed by atoms with Gasteiger partial charge in [-0.2, -0.15) is 5.10 Å². The van der Waals surface area contributed by atoms with Gasteiger partial charge < -0.3 is 0 Å². The van der Waals surface area contributed by atoms with E-state index in [0.717, 1.165) is 9.35 Å². The summed E-state index contributed by atoms with van der Waals surface area (Å²) in [7, 11) is 1.79. The predicted molar refractivity (Wildman–Crippen MR) is 61.1 cm³/mol. The van der Waals surface area contributed by atoms with Gasteiger partial charge in [0.05, 0.1) is 4.47 Å². The first kappa shape index (κ1) is 10.5. The maximum atomic E-state index is 11.8. The van der Waals surface area contributed by atoms with Crippen LogP contribution < -0.4 is 0 Å². The molecule has 2 aromatic heterocycles. The van der Waals surface area contributed by atoms with E-state index in [9.17, 15) is 4.79 Å². The van der Waals surface area contributed by atoms with Crippen molar-refractivity contribution in [2.24, 2.45) is 7.05 Å². The fourth-order valence-electron chi connectivity index (χ4n) is 1.22. The van der Waals surface area contributed by atoms with Crippen LogP contribution in [-0.4, -0.2) is 19.9 Å². The third-order valence-corrected chi connectivity index (χ3v) is 3.20. The number of aromatic nitrogens is 3. The zero-order chi connectivity index (χ0) is 10.8. The Morgan fingerprint density at radius 1 is 1.67 bits per heavy atom. The molecule has 0 aromatic carbocycles. The van der Waals surface area contributed by atoms with Crippen LogP contribution in [0.15, 0.2) is 22.9 Å². The van der Waals surface area contributed by atoms with E-state index in [4.69, 9.17) is 0 Å². The van der Waals surface area contributed by atoms with E-state index in [2.05, 4.69) is 25.4 Å². The smallest absolute Gasteiger partial charge is 0.189 e. The lowest BCUT2D eigenvalue weighted by Crippen LogP contribution is -2.04. The van der Waals surface area contributed by atoms with Gasteiger partial charge in [-0.05, 0) is 33.5 Å². The molecule has 0 spiro atoms. The van der Waals surface area contributed by atoms with Crippen LogP contribution in [0.1, 0.15) is 15.4 Å². The first-order valence-electron chi connectivity index (χ1n) is 4.28. The molecule has 2 aromatic rings. The normalized spacial score (nSPS) is 10.5. The Bertz CT molecular complexity index is 478. The number of rotatable bonds is 3. The molecular formula is C9H8BrN3OS. The van der Waals surface area contributed by atoms with E-state index in [0.29, 0.717) is 12.1 Å². The summed E-state index contributed by atoms with van der Waals surface area (Å²) >= 11 is 4.64. The van der Waals surface area contributed by atoms with E-state index >= 15 is 0 Å². The van der Waals surface area contributed by atoms with Gasteiger partial charge in [-0.15, -0.1) is 0 Å². The first-order valence-corrected chi connectivity index (χ1v) is 5.85. The van der Waals surface area contributed by atoms with Crippen LogP contribution in [0.25, 0.3) is 0 Å². The molecular weight excluding hydrogens is 278 g/mol. The van der Waals surface area contributed by atoms with Crippen LogP contribution >= 0.6 is 27.5 Å². The number of aryl methyl sites for hydroxylation is 1. The summed E-state index contributed by atoms with van der Waals surface area (Å²) in [6.45, 7) is 0. The van der Waals surface area contributed by atoms with Gasteiger partial charge >= 0.3 is 0 Å². The third kappa shape index (κ3) is 2.32. The summed E-state index contributed by atoms with van der Waals surface area (Å²) in [6.07, 6.45) is 3.82. The minimum atomic E-state index is 0.00623. The molecule has 78 valence electrons. The first-order chi connectivity index (χ1) is 7.16. The Labute approximate surface area is 99.2 Å². The van der Waals surface area contributed by atoms with Gasteiger partial charge in [-0.1, -0.05) is 0 Å². The lowest BCUT2D eigenvalue weighted by atomic mass is 10.2. The van der Waals surface area contributed by atoms with E-state index in [-0.39, 0.29) is 5.78 Å². The lowest BCUT2D eigenvalue weighted by Gasteiger charge is -1.94. The molecule has 0 bridgehead atoms. The molecule has 0 unspecified atom stereocenters. The number of Topliss-reactive ketones (excluding diaryl/α,β-unsaturated/α-hetero) is 1. The molecule has 0 radical (unpaired) electrons. The molecule has 4 nitrogen and oxygen atoms in total. The Hall–Kier alpha value is -1.01. The van der Waals surface area contributed by atoms with Crippen molar-refractivity contribution in [1.82, 2.24) is 14.2 Å². The molecule has 0 saturated carbocycles. The van der Waals surface area contributed by atoms with Crippen LogP contribution in [0, 0.1) is 0 Å². The summed E-state index contributed by atoms with van der Waals surface area (Å²) in [5, 5.41) is 4.10. The summed E-state index contributed by atoms with van der Waals surface area (Å²) in [4.78, 5) is 12.8. The topological polar surface area (TPSA) is 47.8 Å². The van der Waals surface area contributed by atoms with Gasteiger partial charge in [-0.25, -0.2) is 4.37 Å². The second-order valence-corrected chi connectivity index (χ2v) is 4.85. The van der Waals surface area contributed by atoms with Crippen LogP contribution in [0.2, 0.25) is 0 Å². The molecule has 0 fully saturated rings. The molecule has 2 heterocycles. The van der Waals surface area contributed by atoms with Gasteiger partial charge in [0, 0.05) is 30.7 Å². The molecule has 0 amide bonds. The molecule has 0 atom stereocenters. The third-order valence-electron chi connectivity index (χ3n) is 1.87. The van der Waals surface area contributed by atoms with Crippen molar-refractivity contribution in [3.63, 3.8) is 0 Å². The van der Waals surface area contributed by atoms with E-state index in [1.807, 2.05) is 6.07 Å². The molecule has 0 saturated heterocycles. The Morgan fingerprint density at radius 2 is 2.47 bits per heavy atom. The van der Waals surface area contributed by atoms with Crippen molar-refractivity contribution < 1.29 is 4.79 Å². The molecule has 15 heavy (non-hydrogen) atoms. The van der Waals surface area contributed by atoms with Crippen LogP contribution in [0.4, 0.5) is 0 Å². The minimum Gasteiger partial charge on any atom is -0.292 e. The highest BCUT2D eigenvalue weighted by Gasteiger charge is 2.15. The lowest BCUT2D eigenvalue weighted by molar-refractivity contribution is 0.0987. The highest BCUT2D eigenvalue weighted by atomic mass is 79.9. The summed E-state index contributed by atoms with van der Waals surface area (Å²) < 4.78 is 6.30. The van der Waals surface area contributed by atoms with Gasteiger partial charge in [0.15, 0.2) is 5.78 Å². The number of hydrogen-bond acceptors (Lipinski definition) is 4. The van der Waals surface area contributed by atoms with Crippen molar-refractivity contribution in [2.75, 3.05) is 0 Å². The van der Waals surface area contributed by atoms with E-state index in [1.54, 1.807) is 24.1 Å². The molecule has 2 rings (SSSR count). The highest BCUT2D eigenvalue weighted by Crippen LogP contribution is 2.17. The average molecular weight is 286 g/mol. The number of nitrogens with zero attached hydrogens (tertiary/aromatic N) is 3. The van der Waals surface area contributed by atoms with Gasteiger partial charge in [0.1, 0.15) is 5.69 Å². The average Bonchev–Trinajstić information content (AvgIpc) is 2.75. The molecule has 0 aliphatic carbocycles. The number of ketones is 1. The standard InChI is InChI=1S/C9H8BrN3OS/c1-13-5-7(10)9(12-13)8(14)4-6-2-3-11-15-6/h2-3,5H,4H2,1H3. The second kappa shape index (κ2) is 4.24. The monoisotopic (exact) mass is 285 g/mol. The fraction of sp³-hybridized carbons (Fsp3) is 0.222. The van der Waals surface area contributed by atoms with Crippen LogP contribution in [-0.2, 0) is 13.5 Å². The fourth-order valence-corrected chi connectivity index (χ4v) is 2.39. The van der Waals surface area contributed by atoms with Gasteiger partial charge in [-0.3, -0.25) is 9.48 Å². The van der Waals surface area contributed by atoms with Crippen LogP contribution in [0.5, 0.6) is 0 Å². The largest absolute Gasteiger partial charge is 0.292 e. The Kier molecular flexibility index (Phi) is 2.97. The van der Waals surface area contributed by atoms with E-state index in [1.165, 1.54) is 11.5 Å². The summed E-state index contributed by atoms with van der Waals surface area (Å²) in [5.41, 5.74) is 0.478. The Morgan fingerprint density at radius 3 is 3.00 bits per heavy atom. The van der Waals surface area contributed by atoms with E-state index < -0.39 is 0 Å². The Balaban J connectivity index is 2.18. The number of hydrogen-bond donors (Lipinski definition) is 0. The maximum Gasteiger partial charge on any atom is 0.189 e. The highest BCUT2D eigenvalue weighted by molar-refractivity contribution is 9.10. The second-order valence-electron chi connectivity index (χ2n) is 3.08. The summed E-state index contributed by atoms with van der Waals surface area (Å²) in [5.74, 6) is 0.00623. The summed E-state index contributed by atoms with van der Waals surface area (Å²) in [6, 6.07) is 1.85. The number of carbonyl (C=O) groups is 1. The number of carbonyl (C=O) groups excluding carboxylic acids is 1. The van der Waals surface area contributed by atoms with Crippen molar-refractivity contribution >= 4 is 33.2 Å². The molecule has 0 N–H and O–H groups in total. The molecule has 0 aliphatic heterocycles. The van der Waals surface area contributed by atoms with Crippen LogP contribution in [0.3, 0.4) is 0 Å². The zero-order valence-corrected chi connectivity index (χ0v) is 10.4. The van der Waals surface area contributed by atoms with Crippen molar-refractivity contribution in [1.29, 1.82) is 0 Å². The van der Waals surface area contributed by atoms with Crippen molar-refractivity contribution in [3.8, 4) is 0 Å². The predicted octanol–water partition coefficient (Wildman–Crippen LogP) is 2.06. The zero-order valence-electron chi connectivity index (χ0n) is 7.98. The van der Waals surface area contributed by atoms with Gasteiger partial charge in [0.25, 0.3) is 0 Å². The minimum absolute atomic E-state index is 0.00623. The molecule has 6 heteroatoms. The molecule has 0 aliphatic rings. The van der Waals surface area contributed by atoms with Gasteiger partial charge in [0.2, 0.25) is 0 Å². The SMILES string of the molecule is Cn1cc(Br)c(C(=O)Cc2ccns2)n1.